The molecule has 2 aliphatic rings. The van der Waals surface area contributed by atoms with Gasteiger partial charge >= 0.3 is 0 Å². The number of fused-ring (bicyclic) bond motifs is 2. The van der Waals surface area contributed by atoms with Crippen molar-refractivity contribution in [3.8, 4) is 11.3 Å². The molecule has 1 saturated heterocycles. The second kappa shape index (κ2) is 9.53. The van der Waals surface area contributed by atoms with Crippen molar-refractivity contribution in [2.75, 3.05) is 48.3 Å². The van der Waals surface area contributed by atoms with Crippen LogP contribution >= 0.6 is 0 Å². The summed E-state index contributed by atoms with van der Waals surface area (Å²) in [6.45, 7) is 10.7. The molecule has 1 atom stereocenters. The van der Waals surface area contributed by atoms with Gasteiger partial charge in [-0.1, -0.05) is 12.0 Å². The number of aromatic amines is 1. The minimum atomic E-state index is -0.188. The second-order valence-electron chi connectivity index (χ2n) is 9.87. The fourth-order valence-corrected chi connectivity index (χ4v) is 5.33. The number of piperazine rings is 1. The SMILES string of the molecule is CCN1CCN(c2cc(-c3n[nH]c4ccc(NC(=O)C5=C(C)N(C)c6nnnn6C5)cc34)ccn2)C[C@H]1C. The average molecular weight is 514 g/mol. The zero-order valence-electron chi connectivity index (χ0n) is 22.0. The predicted molar refractivity (Wildman–Crippen MR) is 146 cm³/mol. The third-order valence-corrected chi connectivity index (χ3v) is 7.67. The van der Waals surface area contributed by atoms with Crippen molar-refractivity contribution in [3.05, 3.63) is 47.8 Å². The van der Waals surface area contributed by atoms with Gasteiger partial charge in [-0.25, -0.2) is 9.67 Å². The number of aromatic nitrogens is 7. The van der Waals surface area contributed by atoms with Crippen LogP contribution in [0.4, 0.5) is 17.5 Å². The molecule has 0 radical (unpaired) electrons. The summed E-state index contributed by atoms with van der Waals surface area (Å²) in [5.74, 6) is 1.38. The Morgan fingerprint density at radius 3 is 2.89 bits per heavy atom. The Morgan fingerprint density at radius 1 is 1.21 bits per heavy atom. The summed E-state index contributed by atoms with van der Waals surface area (Å²) in [7, 11) is 1.85. The van der Waals surface area contributed by atoms with Crippen LogP contribution in [0.15, 0.2) is 47.8 Å². The van der Waals surface area contributed by atoms with Gasteiger partial charge in [-0.2, -0.15) is 5.10 Å². The van der Waals surface area contributed by atoms with E-state index in [-0.39, 0.29) is 5.91 Å². The molecule has 2 N–H and O–H groups in total. The first kappa shape index (κ1) is 24.0. The molecule has 38 heavy (non-hydrogen) atoms. The van der Waals surface area contributed by atoms with E-state index in [4.69, 9.17) is 0 Å². The first-order chi connectivity index (χ1) is 18.4. The van der Waals surface area contributed by atoms with Gasteiger partial charge in [0.15, 0.2) is 0 Å². The van der Waals surface area contributed by atoms with E-state index in [2.05, 4.69) is 65.7 Å². The van der Waals surface area contributed by atoms with Crippen LogP contribution in [0.5, 0.6) is 0 Å². The maximum absolute atomic E-state index is 13.3. The second-order valence-corrected chi connectivity index (χ2v) is 9.87. The highest BCUT2D eigenvalue weighted by Crippen LogP contribution is 2.31. The van der Waals surface area contributed by atoms with Crippen LogP contribution in [0.25, 0.3) is 22.2 Å². The van der Waals surface area contributed by atoms with Gasteiger partial charge in [0.05, 0.1) is 17.6 Å². The van der Waals surface area contributed by atoms with Gasteiger partial charge in [0.25, 0.3) is 5.91 Å². The number of amides is 1. The quantitative estimate of drug-likeness (QED) is 0.414. The van der Waals surface area contributed by atoms with Gasteiger partial charge in [0.1, 0.15) is 11.5 Å². The molecule has 6 rings (SSSR count). The summed E-state index contributed by atoms with van der Waals surface area (Å²) in [5, 5.41) is 23.5. The number of hydrogen-bond acceptors (Lipinski definition) is 9. The average Bonchev–Trinajstić information content (AvgIpc) is 3.58. The van der Waals surface area contributed by atoms with Crippen molar-refractivity contribution < 1.29 is 4.79 Å². The number of tetrazole rings is 1. The van der Waals surface area contributed by atoms with Gasteiger partial charge < -0.3 is 15.1 Å². The normalized spacial score (nSPS) is 18.3. The summed E-state index contributed by atoms with van der Waals surface area (Å²) in [6.07, 6.45) is 1.84. The molecular formula is C26H31N11O. The Bertz CT molecular complexity index is 1540. The minimum Gasteiger partial charge on any atom is -0.354 e. The van der Waals surface area contributed by atoms with Crippen LogP contribution in [0, 0.1) is 0 Å². The number of hydrogen-bond donors (Lipinski definition) is 2. The molecule has 3 aromatic heterocycles. The number of benzene rings is 1. The van der Waals surface area contributed by atoms with Crippen LogP contribution in [-0.2, 0) is 11.3 Å². The smallest absolute Gasteiger partial charge is 0.255 e. The molecule has 12 nitrogen and oxygen atoms in total. The van der Waals surface area contributed by atoms with Gasteiger partial charge in [-0.05, 0) is 61.2 Å². The Balaban J connectivity index is 1.25. The van der Waals surface area contributed by atoms with E-state index in [1.54, 1.807) is 4.68 Å². The highest BCUT2D eigenvalue weighted by atomic mass is 16.1. The topological polar surface area (TPSA) is 124 Å². The van der Waals surface area contributed by atoms with E-state index < -0.39 is 0 Å². The van der Waals surface area contributed by atoms with Crippen molar-refractivity contribution in [1.82, 2.24) is 40.3 Å². The molecule has 0 unspecified atom stereocenters. The Labute approximate surface area is 220 Å². The largest absolute Gasteiger partial charge is 0.354 e. The van der Waals surface area contributed by atoms with Gasteiger partial charge in [-0.3, -0.25) is 14.8 Å². The number of H-pyrrole nitrogens is 1. The lowest BCUT2D eigenvalue weighted by Gasteiger charge is -2.40. The molecule has 4 aromatic rings. The predicted octanol–water partition coefficient (Wildman–Crippen LogP) is 2.50. The first-order valence-corrected chi connectivity index (χ1v) is 12.9. The van der Waals surface area contributed by atoms with E-state index in [9.17, 15) is 4.79 Å². The molecular weight excluding hydrogens is 482 g/mol. The van der Waals surface area contributed by atoms with Crippen LogP contribution in [-0.4, -0.2) is 85.5 Å². The number of anilines is 3. The van der Waals surface area contributed by atoms with E-state index >= 15 is 0 Å². The molecule has 0 saturated carbocycles. The van der Waals surface area contributed by atoms with E-state index in [1.807, 2.05) is 49.3 Å². The molecule has 1 aromatic carbocycles. The number of pyridine rings is 1. The standard InChI is InChI=1S/C26H31N11O/c1-5-35-10-11-36(14-16(35)2)23-12-18(8-9-27-23)24-20-13-19(6-7-22(20)29-30-24)28-25(38)21-15-37-26(31-32-33-37)34(4)17(21)3/h6-9,12-13,16H,5,10-11,14-15H2,1-4H3,(H,28,38)(H,29,30)/t16-/m1/s1. The summed E-state index contributed by atoms with van der Waals surface area (Å²) < 4.78 is 1.61. The lowest BCUT2D eigenvalue weighted by atomic mass is 10.1. The molecule has 0 bridgehead atoms. The Morgan fingerprint density at radius 2 is 2.08 bits per heavy atom. The van der Waals surface area contributed by atoms with E-state index in [0.717, 1.165) is 59.9 Å². The third kappa shape index (κ3) is 4.16. The molecule has 196 valence electrons. The molecule has 0 aliphatic carbocycles. The Hall–Kier alpha value is -4.32. The van der Waals surface area contributed by atoms with E-state index in [1.165, 1.54) is 0 Å². The van der Waals surface area contributed by atoms with Crippen molar-refractivity contribution in [2.24, 2.45) is 0 Å². The number of likely N-dealkylation sites (N-methyl/N-ethyl adjacent to an activating group) is 1. The van der Waals surface area contributed by atoms with Gasteiger partial charge in [0.2, 0.25) is 5.95 Å². The number of nitrogens with zero attached hydrogens (tertiary/aromatic N) is 9. The number of carbonyl (C=O) groups is 1. The van der Waals surface area contributed by atoms with Crippen LogP contribution in [0.2, 0.25) is 0 Å². The van der Waals surface area contributed by atoms with E-state index in [0.29, 0.717) is 29.8 Å². The third-order valence-electron chi connectivity index (χ3n) is 7.67. The summed E-state index contributed by atoms with van der Waals surface area (Å²) in [4.78, 5) is 24.6. The Kier molecular flexibility index (Phi) is 6.03. The molecule has 1 fully saturated rings. The molecule has 12 heteroatoms. The summed E-state index contributed by atoms with van der Waals surface area (Å²) in [5.41, 5.74) is 4.81. The fourth-order valence-electron chi connectivity index (χ4n) is 5.33. The van der Waals surface area contributed by atoms with Gasteiger partial charge in [-0.15, -0.1) is 0 Å². The number of nitrogens with one attached hydrogen (secondary N) is 2. The van der Waals surface area contributed by atoms with Crippen molar-refractivity contribution >= 4 is 34.3 Å². The number of allylic oxidation sites excluding steroid dienone is 1. The lowest BCUT2D eigenvalue weighted by molar-refractivity contribution is -0.113. The highest BCUT2D eigenvalue weighted by molar-refractivity contribution is 6.06. The number of rotatable bonds is 5. The zero-order chi connectivity index (χ0) is 26.4. The fraction of sp³-hybridized carbons (Fsp3) is 0.385. The maximum atomic E-state index is 13.3. The van der Waals surface area contributed by atoms with Crippen molar-refractivity contribution in [2.45, 2.75) is 33.4 Å². The first-order valence-electron chi connectivity index (χ1n) is 12.9. The zero-order valence-corrected chi connectivity index (χ0v) is 22.0. The van der Waals surface area contributed by atoms with Crippen LogP contribution < -0.4 is 15.1 Å². The highest BCUT2D eigenvalue weighted by Gasteiger charge is 2.27. The molecule has 5 heterocycles. The molecule has 2 aliphatic heterocycles. The number of carbonyl (C=O) groups excluding carboxylic acids is 1. The minimum absolute atomic E-state index is 0.188. The van der Waals surface area contributed by atoms with Crippen LogP contribution in [0.1, 0.15) is 20.8 Å². The summed E-state index contributed by atoms with van der Waals surface area (Å²) in [6, 6.07) is 10.3. The maximum Gasteiger partial charge on any atom is 0.255 e. The van der Waals surface area contributed by atoms with Gasteiger partial charge in [0, 0.05) is 61.3 Å². The van der Waals surface area contributed by atoms with Crippen LogP contribution in [0.3, 0.4) is 0 Å². The molecule has 0 spiro atoms. The monoisotopic (exact) mass is 513 g/mol. The molecule has 1 amide bonds. The van der Waals surface area contributed by atoms with Crippen molar-refractivity contribution in [3.63, 3.8) is 0 Å². The van der Waals surface area contributed by atoms with Crippen molar-refractivity contribution in [1.29, 1.82) is 0 Å². The lowest BCUT2D eigenvalue weighted by Crippen LogP contribution is -2.51. The summed E-state index contributed by atoms with van der Waals surface area (Å²) >= 11 is 0.